The lowest BCUT2D eigenvalue weighted by molar-refractivity contribution is -0.151. The van der Waals surface area contributed by atoms with Crippen LogP contribution < -0.4 is 5.32 Å². The molecule has 28 heavy (non-hydrogen) atoms. The Kier molecular flexibility index (Phi) is 8.06. The zero-order chi connectivity index (χ0) is 20.7. The normalized spacial score (nSPS) is 13.1. The second-order valence-corrected chi connectivity index (χ2v) is 7.76. The Bertz CT molecular complexity index is 784. The van der Waals surface area contributed by atoms with Crippen LogP contribution in [0.2, 0.25) is 5.02 Å². The van der Waals surface area contributed by atoms with Crippen molar-refractivity contribution in [2.24, 2.45) is 5.92 Å². The Morgan fingerprint density at radius 1 is 1.00 bits per heavy atom. The average Bonchev–Trinajstić information content (AvgIpc) is 2.66. The number of hydrogen-bond donors (Lipinski definition) is 1. The molecule has 0 bridgehead atoms. The van der Waals surface area contributed by atoms with Gasteiger partial charge in [0.1, 0.15) is 0 Å². The van der Waals surface area contributed by atoms with Crippen molar-refractivity contribution in [2.45, 2.75) is 46.1 Å². The van der Waals surface area contributed by atoms with Crippen LogP contribution >= 0.6 is 11.6 Å². The van der Waals surface area contributed by atoms with E-state index in [1.807, 2.05) is 64.1 Å². The van der Waals surface area contributed by atoms with E-state index in [0.717, 1.165) is 17.5 Å². The van der Waals surface area contributed by atoms with E-state index < -0.39 is 11.9 Å². The van der Waals surface area contributed by atoms with E-state index in [4.69, 9.17) is 16.3 Å². The molecule has 150 valence electrons. The molecule has 0 unspecified atom stereocenters. The van der Waals surface area contributed by atoms with Crippen molar-refractivity contribution in [3.05, 3.63) is 70.2 Å². The fourth-order valence-electron chi connectivity index (χ4n) is 3.15. The Hall–Kier alpha value is -2.33. The number of aryl methyl sites for hydroxylation is 1. The van der Waals surface area contributed by atoms with E-state index in [1.165, 1.54) is 5.56 Å². The van der Waals surface area contributed by atoms with Crippen molar-refractivity contribution >= 4 is 23.5 Å². The van der Waals surface area contributed by atoms with E-state index in [2.05, 4.69) is 5.32 Å². The third-order valence-corrected chi connectivity index (χ3v) is 4.97. The van der Waals surface area contributed by atoms with E-state index in [1.54, 1.807) is 12.1 Å². The second kappa shape index (κ2) is 10.3. The Labute approximate surface area is 172 Å². The minimum Gasteiger partial charge on any atom is -0.455 e. The first-order chi connectivity index (χ1) is 13.3. The Balaban J connectivity index is 1.96. The van der Waals surface area contributed by atoms with Crippen LogP contribution in [-0.2, 0) is 14.3 Å². The summed E-state index contributed by atoms with van der Waals surface area (Å²) in [5.74, 6) is -1.12. The van der Waals surface area contributed by atoms with E-state index in [9.17, 15) is 9.59 Å². The lowest BCUT2D eigenvalue weighted by Gasteiger charge is -2.21. The molecule has 0 aromatic heterocycles. The predicted octanol–water partition coefficient (Wildman–Crippen LogP) is 5.20. The van der Waals surface area contributed by atoms with Gasteiger partial charge in [-0.1, -0.05) is 74.3 Å². The summed E-state index contributed by atoms with van der Waals surface area (Å²) in [6.45, 7) is 7.63. The number of rotatable bonds is 8. The molecule has 0 aliphatic carbocycles. The van der Waals surface area contributed by atoms with Gasteiger partial charge in [-0.3, -0.25) is 9.59 Å². The highest BCUT2D eigenvalue weighted by Crippen LogP contribution is 2.27. The van der Waals surface area contributed by atoms with Crippen LogP contribution in [0.5, 0.6) is 0 Å². The highest BCUT2D eigenvalue weighted by atomic mass is 35.5. The highest BCUT2D eigenvalue weighted by molar-refractivity contribution is 6.30. The van der Waals surface area contributed by atoms with Gasteiger partial charge < -0.3 is 10.1 Å². The molecular formula is C23H28ClNO3. The van der Waals surface area contributed by atoms with E-state index >= 15 is 0 Å². The van der Waals surface area contributed by atoms with Crippen LogP contribution in [0, 0.1) is 12.8 Å². The summed E-state index contributed by atoms with van der Waals surface area (Å²) in [5, 5.41) is 3.55. The van der Waals surface area contributed by atoms with Crippen LogP contribution in [0.3, 0.4) is 0 Å². The van der Waals surface area contributed by atoms with E-state index in [0.29, 0.717) is 5.02 Å². The molecule has 0 saturated heterocycles. The topological polar surface area (TPSA) is 55.4 Å². The standard InChI is InChI=1S/C23H28ClNO3/c1-5-20(17-8-6-16(4)7-9-17)25-21(26)14-28-23(27)22(15(2)3)18-10-12-19(24)13-11-18/h6-13,15,20,22H,5,14H2,1-4H3,(H,25,26)/t20-,22-/m0/s1. The fraction of sp³-hybridized carbons (Fsp3) is 0.391. The summed E-state index contributed by atoms with van der Waals surface area (Å²) in [6.07, 6.45) is 0.752. The number of carbonyl (C=O) groups is 2. The number of ether oxygens (including phenoxy) is 1. The largest absolute Gasteiger partial charge is 0.455 e. The Morgan fingerprint density at radius 3 is 2.11 bits per heavy atom. The summed E-state index contributed by atoms with van der Waals surface area (Å²) in [6, 6.07) is 15.1. The number of benzene rings is 2. The van der Waals surface area contributed by atoms with E-state index in [-0.39, 0.29) is 24.5 Å². The zero-order valence-corrected chi connectivity index (χ0v) is 17.6. The molecule has 4 nitrogen and oxygen atoms in total. The van der Waals surface area contributed by atoms with Gasteiger partial charge in [-0.05, 0) is 42.5 Å². The zero-order valence-electron chi connectivity index (χ0n) is 16.9. The van der Waals surface area contributed by atoms with Gasteiger partial charge in [0, 0.05) is 5.02 Å². The third-order valence-electron chi connectivity index (χ3n) is 4.72. The molecule has 0 aliphatic rings. The fourth-order valence-corrected chi connectivity index (χ4v) is 3.27. The second-order valence-electron chi connectivity index (χ2n) is 7.32. The van der Waals surface area contributed by atoms with Gasteiger partial charge >= 0.3 is 5.97 Å². The molecule has 0 saturated carbocycles. The first-order valence-corrected chi connectivity index (χ1v) is 9.97. The average molecular weight is 402 g/mol. The minimum absolute atomic E-state index is 0.0349. The smallest absolute Gasteiger partial charge is 0.314 e. The highest BCUT2D eigenvalue weighted by Gasteiger charge is 2.26. The molecule has 2 aromatic rings. The van der Waals surface area contributed by atoms with Crippen molar-refractivity contribution in [3.8, 4) is 0 Å². The molecular weight excluding hydrogens is 374 g/mol. The summed E-state index contributed by atoms with van der Waals surface area (Å²) in [4.78, 5) is 24.9. The number of carbonyl (C=O) groups excluding carboxylic acids is 2. The molecule has 2 aromatic carbocycles. The first kappa shape index (κ1) is 22.0. The maximum Gasteiger partial charge on any atom is 0.314 e. The number of hydrogen-bond acceptors (Lipinski definition) is 3. The first-order valence-electron chi connectivity index (χ1n) is 9.59. The van der Waals surface area contributed by atoms with Crippen LogP contribution in [-0.4, -0.2) is 18.5 Å². The molecule has 2 rings (SSSR count). The molecule has 0 fully saturated rings. The van der Waals surface area contributed by atoms with Crippen molar-refractivity contribution in [1.29, 1.82) is 0 Å². The minimum atomic E-state index is -0.441. The molecule has 1 N–H and O–H groups in total. The van der Waals surface area contributed by atoms with Crippen molar-refractivity contribution in [1.82, 2.24) is 5.32 Å². The molecule has 0 aliphatic heterocycles. The molecule has 0 heterocycles. The van der Waals surface area contributed by atoms with Crippen molar-refractivity contribution in [3.63, 3.8) is 0 Å². The monoisotopic (exact) mass is 401 g/mol. The Morgan fingerprint density at radius 2 is 1.57 bits per heavy atom. The van der Waals surface area contributed by atoms with Gasteiger partial charge in [0.2, 0.25) is 0 Å². The summed E-state index contributed by atoms with van der Waals surface area (Å²) in [5.41, 5.74) is 3.03. The van der Waals surface area contributed by atoms with Gasteiger partial charge in [-0.2, -0.15) is 0 Å². The summed E-state index contributed by atoms with van der Waals surface area (Å²) in [7, 11) is 0. The van der Waals surface area contributed by atoms with Gasteiger partial charge in [-0.15, -0.1) is 0 Å². The van der Waals surface area contributed by atoms with Crippen LogP contribution in [0.1, 0.15) is 55.8 Å². The molecule has 0 spiro atoms. The molecule has 5 heteroatoms. The van der Waals surface area contributed by atoms with Gasteiger partial charge in [0.25, 0.3) is 5.91 Å². The number of nitrogens with one attached hydrogen (secondary N) is 1. The summed E-state index contributed by atoms with van der Waals surface area (Å²) >= 11 is 5.93. The maximum absolute atomic E-state index is 12.6. The quantitative estimate of drug-likeness (QED) is 0.618. The number of amides is 1. The lowest BCUT2D eigenvalue weighted by atomic mass is 9.88. The number of halogens is 1. The maximum atomic E-state index is 12.6. The van der Waals surface area contributed by atoms with Crippen molar-refractivity contribution in [2.75, 3.05) is 6.61 Å². The predicted molar refractivity (Wildman–Crippen MR) is 112 cm³/mol. The van der Waals surface area contributed by atoms with Crippen LogP contribution in [0.25, 0.3) is 0 Å². The lowest BCUT2D eigenvalue weighted by Crippen LogP contribution is -2.33. The van der Waals surface area contributed by atoms with Gasteiger partial charge in [0.05, 0.1) is 12.0 Å². The van der Waals surface area contributed by atoms with Gasteiger partial charge in [0.15, 0.2) is 6.61 Å². The van der Waals surface area contributed by atoms with Crippen LogP contribution in [0.4, 0.5) is 0 Å². The van der Waals surface area contributed by atoms with Crippen molar-refractivity contribution < 1.29 is 14.3 Å². The van der Waals surface area contributed by atoms with Gasteiger partial charge in [-0.25, -0.2) is 0 Å². The third kappa shape index (κ3) is 6.10. The molecule has 1 amide bonds. The molecule has 2 atom stereocenters. The molecule has 0 radical (unpaired) electrons. The summed E-state index contributed by atoms with van der Waals surface area (Å²) < 4.78 is 5.33. The number of esters is 1. The van der Waals surface area contributed by atoms with Crippen LogP contribution in [0.15, 0.2) is 48.5 Å². The SMILES string of the molecule is CC[C@H](NC(=O)COC(=O)[C@H](c1ccc(Cl)cc1)C(C)C)c1ccc(C)cc1.